The molecule has 0 spiro atoms. The van der Waals surface area contributed by atoms with E-state index in [1.807, 2.05) is 6.08 Å². The quantitative estimate of drug-likeness (QED) is 0.442. The van der Waals surface area contributed by atoms with Gasteiger partial charge in [0.05, 0.1) is 0 Å². The Bertz CT molecular complexity index is 174. The van der Waals surface area contributed by atoms with Gasteiger partial charge in [0.1, 0.15) is 0 Å². The molecule has 0 aliphatic carbocycles. The number of hydrogen-bond acceptors (Lipinski definition) is 3. The lowest BCUT2D eigenvalue weighted by molar-refractivity contribution is -0.121. The van der Waals surface area contributed by atoms with Gasteiger partial charge in [0.2, 0.25) is 5.91 Å². The standard InChI is InChI=1S/C11H22N2OS/c1-2-9-15-10-8-13-11(14)6-4-3-5-7-12/h2H,1,3-10,12H2,(H,13,14). The largest absolute Gasteiger partial charge is 0.355 e. The van der Waals surface area contributed by atoms with Crippen LogP contribution >= 0.6 is 11.8 Å². The Morgan fingerprint density at radius 2 is 2.20 bits per heavy atom. The molecule has 0 aromatic rings. The van der Waals surface area contributed by atoms with Crippen LogP contribution in [0.25, 0.3) is 0 Å². The zero-order valence-electron chi connectivity index (χ0n) is 9.34. The first-order valence-electron chi connectivity index (χ1n) is 5.46. The van der Waals surface area contributed by atoms with Gasteiger partial charge in [-0.15, -0.1) is 6.58 Å². The Labute approximate surface area is 96.9 Å². The number of thioether (sulfide) groups is 1. The lowest BCUT2D eigenvalue weighted by Crippen LogP contribution is -2.25. The van der Waals surface area contributed by atoms with Crippen molar-refractivity contribution in [3.8, 4) is 0 Å². The first-order chi connectivity index (χ1) is 7.31. The molecular formula is C11H22N2OS. The van der Waals surface area contributed by atoms with Crippen LogP contribution in [0.4, 0.5) is 0 Å². The number of nitrogens with one attached hydrogen (secondary N) is 1. The average molecular weight is 230 g/mol. The van der Waals surface area contributed by atoms with Gasteiger partial charge in [-0.3, -0.25) is 4.79 Å². The minimum absolute atomic E-state index is 0.159. The first kappa shape index (κ1) is 14.5. The lowest BCUT2D eigenvalue weighted by atomic mass is 10.2. The lowest BCUT2D eigenvalue weighted by Gasteiger charge is -2.04. The second-order valence-electron chi connectivity index (χ2n) is 3.31. The van der Waals surface area contributed by atoms with Gasteiger partial charge in [-0.05, 0) is 19.4 Å². The van der Waals surface area contributed by atoms with Crippen molar-refractivity contribution in [3.63, 3.8) is 0 Å². The van der Waals surface area contributed by atoms with Crippen LogP contribution in [-0.4, -0.2) is 30.5 Å². The van der Waals surface area contributed by atoms with E-state index < -0.39 is 0 Å². The molecule has 0 fully saturated rings. The third-order valence-electron chi connectivity index (χ3n) is 1.91. The van der Waals surface area contributed by atoms with E-state index in [4.69, 9.17) is 5.73 Å². The predicted octanol–water partition coefficient (Wildman–Crippen LogP) is 1.54. The molecule has 0 unspecified atom stereocenters. The van der Waals surface area contributed by atoms with Crippen molar-refractivity contribution in [3.05, 3.63) is 12.7 Å². The first-order valence-corrected chi connectivity index (χ1v) is 6.62. The zero-order valence-corrected chi connectivity index (χ0v) is 10.2. The van der Waals surface area contributed by atoms with Crippen LogP contribution in [-0.2, 0) is 4.79 Å². The van der Waals surface area contributed by atoms with Gasteiger partial charge in [0.25, 0.3) is 0 Å². The van der Waals surface area contributed by atoms with Crippen LogP contribution in [0.3, 0.4) is 0 Å². The van der Waals surface area contributed by atoms with E-state index in [0.29, 0.717) is 6.42 Å². The summed E-state index contributed by atoms with van der Waals surface area (Å²) in [5.41, 5.74) is 5.36. The van der Waals surface area contributed by atoms with Crippen LogP contribution in [0.2, 0.25) is 0 Å². The van der Waals surface area contributed by atoms with Crippen LogP contribution in [0, 0.1) is 0 Å². The molecule has 4 heteroatoms. The van der Waals surface area contributed by atoms with Crippen molar-refractivity contribution in [2.75, 3.05) is 24.6 Å². The molecule has 0 bridgehead atoms. The highest BCUT2D eigenvalue weighted by molar-refractivity contribution is 7.99. The van der Waals surface area contributed by atoms with E-state index >= 15 is 0 Å². The molecule has 0 rings (SSSR count). The van der Waals surface area contributed by atoms with Crippen molar-refractivity contribution < 1.29 is 4.79 Å². The summed E-state index contributed by atoms with van der Waals surface area (Å²) in [6.45, 7) is 5.11. The van der Waals surface area contributed by atoms with E-state index in [-0.39, 0.29) is 5.91 Å². The Morgan fingerprint density at radius 1 is 1.40 bits per heavy atom. The average Bonchev–Trinajstić information content (AvgIpc) is 2.24. The molecule has 0 saturated heterocycles. The molecule has 0 heterocycles. The molecule has 1 amide bonds. The van der Waals surface area contributed by atoms with E-state index in [1.54, 1.807) is 11.8 Å². The fraction of sp³-hybridized carbons (Fsp3) is 0.727. The van der Waals surface area contributed by atoms with Crippen LogP contribution in [0.1, 0.15) is 25.7 Å². The number of hydrogen-bond donors (Lipinski definition) is 2. The number of carbonyl (C=O) groups excluding carboxylic acids is 1. The Kier molecular flexibility index (Phi) is 11.2. The number of nitrogens with two attached hydrogens (primary N) is 1. The van der Waals surface area contributed by atoms with Gasteiger partial charge in [-0.25, -0.2) is 0 Å². The molecular weight excluding hydrogens is 208 g/mol. The molecule has 0 aromatic carbocycles. The summed E-state index contributed by atoms with van der Waals surface area (Å²) in [6, 6.07) is 0. The monoisotopic (exact) mass is 230 g/mol. The summed E-state index contributed by atoms with van der Waals surface area (Å²) < 4.78 is 0. The van der Waals surface area contributed by atoms with Gasteiger partial charge in [-0.1, -0.05) is 12.5 Å². The maximum absolute atomic E-state index is 11.3. The highest BCUT2D eigenvalue weighted by Crippen LogP contribution is 1.99. The molecule has 0 aliphatic rings. The van der Waals surface area contributed by atoms with Crippen molar-refractivity contribution in [2.45, 2.75) is 25.7 Å². The van der Waals surface area contributed by atoms with Crippen LogP contribution < -0.4 is 11.1 Å². The Morgan fingerprint density at radius 3 is 2.87 bits per heavy atom. The third kappa shape index (κ3) is 11.4. The fourth-order valence-corrected chi connectivity index (χ4v) is 1.70. The van der Waals surface area contributed by atoms with Crippen molar-refractivity contribution in [1.82, 2.24) is 5.32 Å². The summed E-state index contributed by atoms with van der Waals surface area (Å²) >= 11 is 1.78. The topological polar surface area (TPSA) is 55.1 Å². The van der Waals surface area contributed by atoms with E-state index in [1.165, 1.54) is 0 Å². The number of unbranched alkanes of at least 4 members (excludes halogenated alkanes) is 2. The zero-order chi connectivity index (χ0) is 11.4. The summed E-state index contributed by atoms with van der Waals surface area (Å²) in [7, 11) is 0. The van der Waals surface area contributed by atoms with Crippen molar-refractivity contribution in [2.24, 2.45) is 5.73 Å². The summed E-state index contributed by atoms with van der Waals surface area (Å²) in [5, 5.41) is 2.89. The summed E-state index contributed by atoms with van der Waals surface area (Å²) in [5.74, 6) is 2.07. The number of rotatable bonds is 10. The molecule has 0 aliphatic heterocycles. The molecule has 88 valence electrons. The SMILES string of the molecule is C=CCSCCNC(=O)CCCCCN. The molecule has 0 radical (unpaired) electrons. The number of carbonyl (C=O) groups is 1. The maximum Gasteiger partial charge on any atom is 0.220 e. The minimum atomic E-state index is 0.159. The Balaban J connectivity index is 3.15. The molecule has 0 saturated carbocycles. The van der Waals surface area contributed by atoms with E-state index in [0.717, 1.165) is 43.9 Å². The van der Waals surface area contributed by atoms with Crippen LogP contribution in [0.15, 0.2) is 12.7 Å². The normalized spacial score (nSPS) is 9.93. The third-order valence-corrected chi connectivity index (χ3v) is 2.88. The van der Waals surface area contributed by atoms with E-state index in [2.05, 4.69) is 11.9 Å². The smallest absolute Gasteiger partial charge is 0.220 e. The van der Waals surface area contributed by atoms with Gasteiger partial charge in [-0.2, -0.15) is 11.8 Å². The van der Waals surface area contributed by atoms with Crippen molar-refractivity contribution in [1.29, 1.82) is 0 Å². The van der Waals surface area contributed by atoms with Crippen molar-refractivity contribution >= 4 is 17.7 Å². The van der Waals surface area contributed by atoms with E-state index in [9.17, 15) is 4.79 Å². The van der Waals surface area contributed by atoms with Gasteiger partial charge in [0.15, 0.2) is 0 Å². The minimum Gasteiger partial charge on any atom is -0.355 e. The highest BCUT2D eigenvalue weighted by Gasteiger charge is 1.99. The molecule has 15 heavy (non-hydrogen) atoms. The highest BCUT2D eigenvalue weighted by atomic mass is 32.2. The molecule has 3 N–H and O–H groups in total. The molecule has 3 nitrogen and oxygen atoms in total. The molecule has 0 aromatic heterocycles. The Hall–Kier alpha value is -0.480. The predicted molar refractivity (Wildman–Crippen MR) is 68.1 cm³/mol. The summed E-state index contributed by atoms with van der Waals surface area (Å²) in [6.07, 6.45) is 5.52. The molecule has 0 atom stereocenters. The van der Waals surface area contributed by atoms with Gasteiger partial charge in [0, 0.05) is 24.5 Å². The fourth-order valence-electron chi connectivity index (χ4n) is 1.12. The second kappa shape index (κ2) is 11.6. The van der Waals surface area contributed by atoms with Gasteiger partial charge >= 0.3 is 0 Å². The maximum atomic E-state index is 11.3. The summed E-state index contributed by atoms with van der Waals surface area (Å²) in [4.78, 5) is 11.3. The number of amides is 1. The van der Waals surface area contributed by atoms with Gasteiger partial charge < -0.3 is 11.1 Å². The second-order valence-corrected chi connectivity index (χ2v) is 4.46. The van der Waals surface area contributed by atoms with Crippen LogP contribution in [0.5, 0.6) is 0 Å².